The molecule has 1 atom stereocenters. The first-order chi connectivity index (χ1) is 10.3. The normalized spacial score (nSPS) is 18.8. The van der Waals surface area contributed by atoms with Crippen molar-refractivity contribution in [3.8, 4) is 0 Å². The maximum atomic E-state index is 12.9. The van der Waals surface area contributed by atoms with Crippen LogP contribution in [0.25, 0.3) is 0 Å². The van der Waals surface area contributed by atoms with Gasteiger partial charge in [0, 0.05) is 23.9 Å². The van der Waals surface area contributed by atoms with Crippen LogP contribution in [-0.2, 0) is 22.7 Å². The van der Waals surface area contributed by atoms with Crippen molar-refractivity contribution < 1.29 is 13.2 Å². The Kier molecular flexibility index (Phi) is 4.02. The van der Waals surface area contributed by atoms with Crippen LogP contribution in [0.2, 0.25) is 0 Å². The second kappa shape index (κ2) is 5.69. The number of nitrogens with zero attached hydrogens (tertiary/aromatic N) is 1. The molecule has 0 spiro atoms. The fourth-order valence-electron chi connectivity index (χ4n) is 3.45. The highest BCUT2D eigenvalue weighted by molar-refractivity contribution is 7.90. The topological polar surface area (TPSA) is 54.5 Å². The standard InChI is InChI=1S/C17H23NO3S/c1-12(11-22(2,20)21)18(16-8-9-16)17(19)15-7-6-13-4-3-5-14(13)10-15/h6-7,10,12,16H,3-5,8-9,11H2,1-2H3. The Hall–Kier alpha value is -1.36. The van der Waals surface area contributed by atoms with E-state index in [9.17, 15) is 13.2 Å². The molecule has 1 amide bonds. The number of fused-ring (bicyclic) bond motifs is 1. The van der Waals surface area contributed by atoms with Gasteiger partial charge in [-0.1, -0.05) is 6.07 Å². The zero-order chi connectivity index (χ0) is 15.9. The number of benzene rings is 1. The second-order valence-electron chi connectivity index (χ2n) is 6.72. The summed E-state index contributed by atoms with van der Waals surface area (Å²) in [4.78, 5) is 14.7. The molecule has 2 aliphatic carbocycles. The number of carbonyl (C=O) groups excluding carboxylic acids is 1. The van der Waals surface area contributed by atoms with Gasteiger partial charge in [-0.15, -0.1) is 0 Å². The summed E-state index contributed by atoms with van der Waals surface area (Å²) in [6.45, 7) is 1.84. The predicted octanol–water partition coefficient (Wildman–Crippen LogP) is 2.21. The summed E-state index contributed by atoms with van der Waals surface area (Å²) in [5.41, 5.74) is 3.32. The average Bonchev–Trinajstić information content (AvgIpc) is 3.13. The number of amides is 1. The molecule has 0 aromatic heterocycles. The quantitative estimate of drug-likeness (QED) is 0.835. The molecule has 0 aliphatic heterocycles. The van der Waals surface area contributed by atoms with Crippen LogP contribution >= 0.6 is 0 Å². The van der Waals surface area contributed by atoms with Crippen LogP contribution in [0.5, 0.6) is 0 Å². The lowest BCUT2D eigenvalue weighted by atomic mass is 10.0. The molecule has 1 fully saturated rings. The van der Waals surface area contributed by atoms with Crippen LogP contribution in [-0.4, -0.2) is 43.3 Å². The van der Waals surface area contributed by atoms with E-state index in [2.05, 4.69) is 6.07 Å². The van der Waals surface area contributed by atoms with E-state index in [1.54, 1.807) is 4.90 Å². The molecule has 1 aromatic carbocycles. The second-order valence-corrected chi connectivity index (χ2v) is 8.91. The lowest BCUT2D eigenvalue weighted by Gasteiger charge is -2.29. The molecular formula is C17H23NO3S. The van der Waals surface area contributed by atoms with Crippen molar-refractivity contribution >= 4 is 15.7 Å². The van der Waals surface area contributed by atoms with E-state index < -0.39 is 9.84 Å². The smallest absolute Gasteiger partial charge is 0.254 e. The summed E-state index contributed by atoms with van der Waals surface area (Å²) in [5, 5.41) is 0. The van der Waals surface area contributed by atoms with Gasteiger partial charge in [0.25, 0.3) is 5.91 Å². The molecule has 0 radical (unpaired) electrons. The van der Waals surface area contributed by atoms with E-state index in [-0.39, 0.29) is 23.7 Å². The first-order valence-corrected chi connectivity index (χ1v) is 10.0. The minimum absolute atomic E-state index is 0.0200. The fraction of sp³-hybridized carbons (Fsp3) is 0.588. The number of carbonyl (C=O) groups is 1. The molecule has 1 saturated carbocycles. The predicted molar refractivity (Wildman–Crippen MR) is 86.8 cm³/mol. The summed E-state index contributed by atoms with van der Waals surface area (Å²) in [7, 11) is -3.09. The average molecular weight is 321 g/mol. The van der Waals surface area contributed by atoms with Gasteiger partial charge in [-0.3, -0.25) is 4.79 Å². The van der Waals surface area contributed by atoms with Gasteiger partial charge < -0.3 is 4.90 Å². The molecular weight excluding hydrogens is 298 g/mol. The highest BCUT2D eigenvalue weighted by Gasteiger charge is 2.37. The van der Waals surface area contributed by atoms with Crippen LogP contribution < -0.4 is 0 Å². The van der Waals surface area contributed by atoms with Crippen LogP contribution in [0.3, 0.4) is 0 Å². The van der Waals surface area contributed by atoms with E-state index in [0.29, 0.717) is 5.56 Å². The zero-order valence-electron chi connectivity index (χ0n) is 13.2. The van der Waals surface area contributed by atoms with Gasteiger partial charge in [0.2, 0.25) is 0 Å². The van der Waals surface area contributed by atoms with Gasteiger partial charge in [-0.25, -0.2) is 8.42 Å². The van der Waals surface area contributed by atoms with Crippen LogP contribution in [0, 0.1) is 0 Å². The molecule has 0 bridgehead atoms. The molecule has 2 aliphatic rings. The van der Waals surface area contributed by atoms with E-state index in [1.165, 1.54) is 17.4 Å². The van der Waals surface area contributed by atoms with Crippen molar-refractivity contribution in [2.45, 2.75) is 51.1 Å². The highest BCUT2D eigenvalue weighted by Crippen LogP contribution is 2.31. The number of aryl methyl sites for hydroxylation is 2. The summed E-state index contributed by atoms with van der Waals surface area (Å²) in [5.74, 6) is 0.00791. The van der Waals surface area contributed by atoms with Crippen LogP contribution in [0.15, 0.2) is 18.2 Å². The third-order valence-corrected chi connectivity index (χ3v) is 5.63. The van der Waals surface area contributed by atoms with E-state index in [1.807, 2.05) is 19.1 Å². The molecule has 0 N–H and O–H groups in total. The molecule has 0 saturated heterocycles. The monoisotopic (exact) mass is 321 g/mol. The van der Waals surface area contributed by atoms with E-state index in [4.69, 9.17) is 0 Å². The van der Waals surface area contributed by atoms with Crippen molar-refractivity contribution in [2.24, 2.45) is 0 Å². The maximum Gasteiger partial charge on any atom is 0.254 e. The number of sulfone groups is 1. The van der Waals surface area contributed by atoms with Gasteiger partial charge in [-0.05, 0) is 62.3 Å². The van der Waals surface area contributed by atoms with Crippen molar-refractivity contribution in [3.63, 3.8) is 0 Å². The molecule has 5 heteroatoms. The zero-order valence-corrected chi connectivity index (χ0v) is 14.0. The van der Waals surface area contributed by atoms with Gasteiger partial charge in [-0.2, -0.15) is 0 Å². The SMILES string of the molecule is CC(CS(C)(=O)=O)N(C(=O)c1ccc2c(c1)CCC2)C1CC1. The van der Waals surface area contributed by atoms with Crippen molar-refractivity contribution in [3.05, 3.63) is 34.9 Å². The van der Waals surface area contributed by atoms with E-state index >= 15 is 0 Å². The Bertz CT molecular complexity index is 692. The van der Waals surface area contributed by atoms with Crippen molar-refractivity contribution in [1.29, 1.82) is 0 Å². The van der Waals surface area contributed by atoms with Crippen molar-refractivity contribution in [1.82, 2.24) is 4.90 Å². The first-order valence-electron chi connectivity index (χ1n) is 7.97. The molecule has 3 rings (SSSR count). The van der Waals surface area contributed by atoms with Crippen molar-refractivity contribution in [2.75, 3.05) is 12.0 Å². The lowest BCUT2D eigenvalue weighted by Crippen LogP contribution is -2.43. The molecule has 1 aromatic rings. The maximum absolute atomic E-state index is 12.9. The molecule has 120 valence electrons. The summed E-state index contributed by atoms with van der Waals surface area (Å²) >= 11 is 0. The highest BCUT2D eigenvalue weighted by atomic mass is 32.2. The number of hydrogen-bond donors (Lipinski definition) is 0. The Morgan fingerprint density at radius 2 is 1.95 bits per heavy atom. The molecule has 4 nitrogen and oxygen atoms in total. The summed E-state index contributed by atoms with van der Waals surface area (Å²) in [6.07, 6.45) is 6.48. The Balaban J connectivity index is 1.84. The van der Waals surface area contributed by atoms with E-state index in [0.717, 1.165) is 32.1 Å². The fourth-order valence-corrected chi connectivity index (χ4v) is 4.49. The third kappa shape index (κ3) is 3.35. The van der Waals surface area contributed by atoms with Gasteiger partial charge in [0.1, 0.15) is 9.84 Å². The van der Waals surface area contributed by atoms with Gasteiger partial charge in [0.05, 0.1) is 5.75 Å². The van der Waals surface area contributed by atoms with Crippen LogP contribution in [0.1, 0.15) is 47.7 Å². The Morgan fingerprint density at radius 1 is 1.27 bits per heavy atom. The Labute approximate surface area is 132 Å². The lowest BCUT2D eigenvalue weighted by molar-refractivity contribution is 0.0692. The summed E-state index contributed by atoms with van der Waals surface area (Å²) < 4.78 is 23.1. The third-order valence-electron chi connectivity index (χ3n) is 4.54. The largest absolute Gasteiger partial charge is 0.332 e. The van der Waals surface area contributed by atoms with Crippen LogP contribution in [0.4, 0.5) is 0 Å². The first kappa shape index (κ1) is 15.5. The minimum atomic E-state index is -3.09. The minimum Gasteiger partial charge on any atom is -0.332 e. The number of rotatable bonds is 5. The van der Waals surface area contributed by atoms with Gasteiger partial charge >= 0.3 is 0 Å². The molecule has 1 unspecified atom stereocenters. The molecule has 0 heterocycles. The Morgan fingerprint density at radius 3 is 2.59 bits per heavy atom. The number of hydrogen-bond acceptors (Lipinski definition) is 3. The summed E-state index contributed by atoms with van der Waals surface area (Å²) in [6, 6.07) is 5.89. The molecule has 22 heavy (non-hydrogen) atoms. The van der Waals surface area contributed by atoms with Gasteiger partial charge in [0.15, 0.2) is 0 Å².